The Morgan fingerprint density at radius 2 is 1.53 bits per heavy atom. The molecule has 0 saturated carbocycles. The molecule has 0 rings (SSSR count). The summed E-state index contributed by atoms with van der Waals surface area (Å²) in [5.41, 5.74) is -0.135. The zero-order valence-corrected chi connectivity index (χ0v) is 10.5. The highest BCUT2D eigenvalue weighted by molar-refractivity contribution is 5.90. The lowest BCUT2D eigenvalue weighted by Gasteiger charge is -2.07. The molecule has 0 aliphatic heterocycles. The van der Waals surface area contributed by atoms with Crippen LogP contribution in [0.3, 0.4) is 0 Å². The maximum Gasteiger partial charge on any atom is 0.331 e. The van der Waals surface area contributed by atoms with Crippen molar-refractivity contribution in [1.82, 2.24) is 0 Å². The van der Waals surface area contributed by atoms with Gasteiger partial charge in [0.25, 0.3) is 0 Å². The van der Waals surface area contributed by atoms with Crippen LogP contribution in [0.1, 0.15) is 19.8 Å². The predicted molar refractivity (Wildman–Crippen MR) is 67.7 cm³/mol. The van der Waals surface area contributed by atoms with Gasteiger partial charge in [0.2, 0.25) is 0 Å². The molecule has 0 aromatic carbocycles. The highest BCUT2D eigenvalue weighted by Crippen LogP contribution is 2.15. The smallest absolute Gasteiger partial charge is 0.331 e. The molecule has 0 spiro atoms. The maximum absolute atomic E-state index is 11.0. The molecule has 1 unspecified atom stereocenters. The fourth-order valence-corrected chi connectivity index (χ4v) is 1.28. The summed E-state index contributed by atoms with van der Waals surface area (Å²) < 4.78 is 0. The van der Waals surface area contributed by atoms with Gasteiger partial charge in [0.05, 0.1) is 5.92 Å². The summed E-state index contributed by atoms with van der Waals surface area (Å²) >= 11 is 0. The first kappa shape index (κ1) is 16.6. The molecule has 0 aromatic rings. The summed E-state index contributed by atoms with van der Waals surface area (Å²) in [6.07, 6.45) is 3.42. The third-order valence-electron chi connectivity index (χ3n) is 2.46. The largest absolute Gasteiger partial charge is 0.481 e. The quantitative estimate of drug-likeness (QED) is 0.351. The molecule has 0 bridgehead atoms. The predicted octanol–water partition coefficient (Wildman–Crippen LogP) is 1.70. The van der Waals surface area contributed by atoms with Gasteiger partial charge in [-0.2, -0.15) is 0 Å². The third kappa shape index (κ3) is 5.67. The zero-order chi connectivity index (χ0) is 15.0. The lowest BCUT2D eigenvalue weighted by molar-refractivity contribution is -0.140. The van der Waals surface area contributed by atoms with E-state index in [2.05, 4.69) is 6.58 Å². The van der Waals surface area contributed by atoms with Gasteiger partial charge in [-0.25, -0.2) is 9.59 Å². The molecule has 0 aliphatic rings. The lowest BCUT2D eigenvalue weighted by Crippen LogP contribution is -2.14. The van der Waals surface area contributed by atoms with E-state index in [0.29, 0.717) is 0 Å². The molecule has 6 heteroatoms. The normalized spacial score (nSPS) is 13.7. The van der Waals surface area contributed by atoms with Crippen molar-refractivity contribution in [2.45, 2.75) is 19.8 Å². The Kier molecular flexibility index (Phi) is 6.88. The maximum atomic E-state index is 11.0. The average molecular weight is 268 g/mol. The number of allylic oxidation sites excluding steroid dienone is 2. The third-order valence-corrected chi connectivity index (χ3v) is 2.46. The van der Waals surface area contributed by atoms with E-state index in [0.717, 1.165) is 12.2 Å². The van der Waals surface area contributed by atoms with Gasteiger partial charge in [0, 0.05) is 11.1 Å². The number of carbonyl (C=O) groups is 3. The standard InChI is InChI=1S/C13H16O6/c1-3-8(11(14)15)5-6-10(13(18)19)7-9(4-2)12(16)17/h4-6,9H,2-3,7H2,1H3,(H,14,15)(H,16,17)(H,18,19). The molecule has 19 heavy (non-hydrogen) atoms. The Balaban J connectivity index is 5.22. The van der Waals surface area contributed by atoms with Gasteiger partial charge in [0.1, 0.15) is 0 Å². The van der Waals surface area contributed by atoms with Crippen LogP contribution in [0.25, 0.3) is 0 Å². The molecule has 0 fully saturated rings. The van der Waals surface area contributed by atoms with E-state index in [1.807, 2.05) is 0 Å². The highest BCUT2D eigenvalue weighted by atomic mass is 16.4. The van der Waals surface area contributed by atoms with Crippen molar-refractivity contribution in [1.29, 1.82) is 0 Å². The lowest BCUT2D eigenvalue weighted by atomic mass is 9.98. The van der Waals surface area contributed by atoms with Gasteiger partial charge in [-0.3, -0.25) is 4.79 Å². The van der Waals surface area contributed by atoms with E-state index in [-0.39, 0.29) is 24.0 Å². The van der Waals surface area contributed by atoms with Crippen LogP contribution in [0, 0.1) is 5.92 Å². The zero-order valence-electron chi connectivity index (χ0n) is 10.5. The van der Waals surface area contributed by atoms with E-state index >= 15 is 0 Å². The van der Waals surface area contributed by atoms with Crippen LogP contribution in [-0.4, -0.2) is 33.2 Å². The highest BCUT2D eigenvalue weighted by Gasteiger charge is 2.18. The second-order valence-corrected chi connectivity index (χ2v) is 3.73. The van der Waals surface area contributed by atoms with Crippen molar-refractivity contribution in [2.75, 3.05) is 0 Å². The molecular weight excluding hydrogens is 252 g/mol. The minimum atomic E-state index is -1.29. The Labute approximate surface area is 110 Å². The van der Waals surface area contributed by atoms with E-state index in [1.54, 1.807) is 6.92 Å². The molecule has 0 aliphatic carbocycles. The summed E-state index contributed by atoms with van der Waals surface area (Å²) in [6.45, 7) is 4.95. The monoisotopic (exact) mass is 268 g/mol. The van der Waals surface area contributed by atoms with Crippen molar-refractivity contribution < 1.29 is 29.7 Å². The van der Waals surface area contributed by atoms with Crippen LogP contribution in [0.4, 0.5) is 0 Å². The Morgan fingerprint density at radius 3 is 1.84 bits per heavy atom. The van der Waals surface area contributed by atoms with Gasteiger partial charge in [-0.05, 0) is 12.8 Å². The summed E-state index contributed by atoms with van der Waals surface area (Å²) in [4.78, 5) is 32.5. The molecule has 0 radical (unpaired) electrons. The van der Waals surface area contributed by atoms with E-state index in [9.17, 15) is 14.4 Å². The number of carboxylic acid groups (broad SMARTS) is 3. The van der Waals surface area contributed by atoms with Crippen molar-refractivity contribution >= 4 is 17.9 Å². The number of rotatable bonds is 8. The fourth-order valence-electron chi connectivity index (χ4n) is 1.28. The van der Waals surface area contributed by atoms with Crippen LogP contribution in [0.5, 0.6) is 0 Å². The van der Waals surface area contributed by atoms with Crippen molar-refractivity contribution in [3.63, 3.8) is 0 Å². The van der Waals surface area contributed by atoms with Gasteiger partial charge < -0.3 is 15.3 Å². The van der Waals surface area contributed by atoms with Gasteiger partial charge in [-0.15, -0.1) is 6.58 Å². The van der Waals surface area contributed by atoms with E-state index in [1.165, 1.54) is 6.08 Å². The first-order chi connectivity index (χ1) is 8.83. The summed E-state index contributed by atoms with van der Waals surface area (Å²) in [5, 5.41) is 26.6. The van der Waals surface area contributed by atoms with E-state index in [4.69, 9.17) is 15.3 Å². The molecule has 3 N–H and O–H groups in total. The molecule has 104 valence electrons. The molecule has 0 aromatic heterocycles. The van der Waals surface area contributed by atoms with Crippen LogP contribution in [-0.2, 0) is 14.4 Å². The molecule has 0 heterocycles. The van der Waals surface area contributed by atoms with Gasteiger partial charge in [0.15, 0.2) is 0 Å². The second kappa shape index (κ2) is 7.86. The van der Waals surface area contributed by atoms with Crippen LogP contribution >= 0.6 is 0 Å². The Morgan fingerprint density at radius 1 is 1.05 bits per heavy atom. The van der Waals surface area contributed by atoms with Crippen molar-refractivity contribution in [3.05, 3.63) is 36.0 Å². The Hall–Kier alpha value is -2.37. The van der Waals surface area contributed by atoms with E-state index < -0.39 is 23.8 Å². The number of aliphatic carboxylic acids is 3. The minimum Gasteiger partial charge on any atom is -0.481 e. The molecular formula is C13H16O6. The van der Waals surface area contributed by atoms with Crippen LogP contribution in [0.2, 0.25) is 0 Å². The number of hydrogen-bond donors (Lipinski definition) is 3. The van der Waals surface area contributed by atoms with Gasteiger partial charge >= 0.3 is 17.9 Å². The summed E-state index contributed by atoms with van der Waals surface area (Å²) in [6, 6.07) is 0. The topological polar surface area (TPSA) is 112 Å². The summed E-state index contributed by atoms with van der Waals surface area (Å²) in [5.74, 6) is -4.63. The minimum absolute atomic E-state index is 0.0456. The van der Waals surface area contributed by atoms with Crippen LogP contribution in [0.15, 0.2) is 36.0 Å². The molecule has 1 atom stereocenters. The molecule has 0 amide bonds. The first-order valence-electron chi connectivity index (χ1n) is 5.55. The first-order valence-corrected chi connectivity index (χ1v) is 5.55. The number of hydrogen-bond acceptors (Lipinski definition) is 3. The molecule has 0 saturated heterocycles. The fraction of sp³-hybridized carbons (Fsp3) is 0.308. The molecule has 6 nitrogen and oxygen atoms in total. The van der Waals surface area contributed by atoms with Crippen LogP contribution < -0.4 is 0 Å². The van der Waals surface area contributed by atoms with Crippen molar-refractivity contribution in [2.24, 2.45) is 5.92 Å². The van der Waals surface area contributed by atoms with Gasteiger partial charge in [-0.1, -0.05) is 25.2 Å². The average Bonchev–Trinajstić information content (AvgIpc) is 2.32. The van der Waals surface area contributed by atoms with Crippen molar-refractivity contribution in [3.8, 4) is 0 Å². The second-order valence-electron chi connectivity index (χ2n) is 3.73. The Bertz CT molecular complexity index is 444. The number of carboxylic acids is 3. The SMILES string of the molecule is C=CC(CC(=CC=C(CC)C(=O)O)C(=O)O)C(=O)O. The summed E-state index contributed by atoms with van der Waals surface area (Å²) in [7, 11) is 0.